The van der Waals surface area contributed by atoms with E-state index in [9.17, 15) is 4.39 Å². The van der Waals surface area contributed by atoms with Crippen LogP contribution in [0.15, 0.2) is 23.6 Å². The Labute approximate surface area is 131 Å². The van der Waals surface area contributed by atoms with Gasteiger partial charge < -0.3 is 5.32 Å². The first-order valence-electron chi connectivity index (χ1n) is 6.27. The van der Waals surface area contributed by atoms with E-state index in [2.05, 4.69) is 46.3 Å². The first-order valence-corrected chi connectivity index (χ1v) is 8.22. The van der Waals surface area contributed by atoms with Crippen molar-refractivity contribution in [2.75, 3.05) is 6.54 Å². The predicted octanol–water partition coefficient (Wildman–Crippen LogP) is 4.81. The minimum absolute atomic E-state index is 0.144. The molecule has 0 spiro atoms. The fourth-order valence-corrected chi connectivity index (χ4v) is 3.84. The van der Waals surface area contributed by atoms with Gasteiger partial charge in [-0.3, -0.25) is 0 Å². The quantitative estimate of drug-likeness (QED) is 0.741. The second-order valence-corrected chi connectivity index (χ2v) is 7.43. The maximum absolute atomic E-state index is 13.4. The first kappa shape index (κ1) is 14.9. The van der Waals surface area contributed by atoms with E-state index in [1.54, 1.807) is 23.5 Å². The van der Waals surface area contributed by atoms with Gasteiger partial charge in [-0.05, 0) is 88.8 Å². The molecule has 102 valence electrons. The van der Waals surface area contributed by atoms with Gasteiger partial charge in [0.1, 0.15) is 5.82 Å². The molecule has 19 heavy (non-hydrogen) atoms. The molecule has 4 heteroatoms. The van der Waals surface area contributed by atoms with Crippen LogP contribution in [0.4, 0.5) is 4.39 Å². The van der Waals surface area contributed by atoms with E-state index < -0.39 is 0 Å². The van der Waals surface area contributed by atoms with Crippen molar-refractivity contribution in [1.82, 2.24) is 5.32 Å². The molecule has 0 bridgehead atoms. The SMILES string of the molecule is CCNC(c1csc(I)c1)c1c(C)cc(F)cc1C. The third kappa shape index (κ3) is 3.35. The minimum Gasteiger partial charge on any atom is -0.306 e. The highest BCUT2D eigenvalue weighted by atomic mass is 127. The van der Waals surface area contributed by atoms with Crippen LogP contribution in [-0.4, -0.2) is 6.54 Å². The maximum atomic E-state index is 13.4. The van der Waals surface area contributed by atoms with Crippen LogP contribution in [0.5, 0.6) is 0 Å². The maximum Gasteiger partial charge on any atom is 0.123 e. The Hall–Kier alpha value is -0.460. The highest BCUT2D eigenvalue weighted by molar-refractivity contribution is 14.1. The summed E-state index contributed by atoms with van der Waals surface area (Å²) >= 11 is 4.08. The van der Waals surface area contributed by atoms with Gasteiger partial charge in [-0.25, -0.2) is 4.39 Å². The van der Waals surface area contributed by atoms with Crippen molar-refractivity contribution in [2.24, 2.45) is 0 Å². The van der Waals surface area contributed by atoms with E-state index >= 15 is 0 Å². The molecule has 0 saturated carbocycles. The lowest BCUT2D eigenvalue weighted by Crippen LogP contribution is -2.23. The highest BCUT2D eigenvalue weighted by Gasteiger charge is 2.19. The molecule has 0 aliphatic rings. The Morgan fingerprint density at radius 3 is 2.37 bits per heavy atom. The van der Waals surface area contributed by atoms with Crippen molar-refractivity contribution < 1.29 is 4.39 Å². The molecule has 0 radical (unpaired) electrons. The summed E-state index contributed by atoms with van der Waals surface area (Å²) in [6, 6.07) is 5.57. The summed E-state index contributed by atoms with van der Waals surface area (Å²) in [7, 11) is 0. The number of rotatable bonds is 4. The molecule has 1 atom stereocenters. The molecular weight excluding hydrogens is 372 g/mol. The molecule has 2 aromatic rings. The van der Waals surface area contributed by atoms with Crippen LogP contribution >= 0.6 is 33.9 Å². The Morgan fingerprint density at radius 1 is 1.26 bits per heavy atom. The number of hydrogen-bond donors (Lipinski definition) is 1. The molecule has 0 amide bonds. The number of nitrogens with one attached hydrogen (secondary N) is 1. The molecule has 0 fully saturated rings. The van der Waals surface area contributed by atoms with Gasteiger partial charge in [-0.15, -0.1) is 11.3 Å². The third-order valence-corrected chi connectivity index (χ3v) is 4.98. The molecule has 1 aromatic carbocycles. The molecule has 1 nitrogen and oxygen atoms in total. The van der Waals surface area contributed by atoms with Gasteiger partial charge in [0.15, 0.2) is 0 Å². The largest absolute Gasteiger partial charge is 0.306 e. The van der Waals surface area contributed by atoms with E-state index in [1.807, 2.05) is 13.8 Å². The van der Waals surface area contributed by atoms with E-state index in [-0.39, 0.29) is 11.9 Å². The van der Waals surface area contributed by atoms with Gasteiger partial charge in [0, 0.05) is 0 Å². The highest BCUT2D eigenvalue weighted by Crippen LogP contribution is 2.31. The van der Waals surface area contributed by atoms with E-state index in [1.165, 1.54) is 14.0 Å². The molecule has 1 heterocycles. The van der Waals surface area contributed by atoms with Crippen molar-refractivity contribution in [3.05, 3.63) is 54.5 Å². The average Bonchev–Trinajstić information content (AvgIpc) is 2.73. The second-order valence-electron chi connectivity index (χ2n) is 4.63. The van der Waals surface area contributed by atoms with Gasteiger partial charge in [-0.2, -0.15) is 0 Å². The Morgan fingerprint density at radius 2 is 1.89 bits per heavy atom. The van der Waals surface area contributed by atoms with Crippen molar-refractivity contribution in [1.29, 1.82) is 0 Å². The minimum atomic E-state index is -0.158. The Kier molecular flexibility index (Phi) is 4.97. The monoisotopic (exact) mass is 389 g/mol. The molecule has 0 aliphatic carbocycles. The van der Waals surface area contributed by atoms with Crippen molar-refractivity contribution >= 4 is 33.9 Å². The number of hydrogen-bond acceptors (Lipinski definition) is 2. The Bertz CT molecular complexity index is 556. The van der Waals surface area contributed by atoms with Crippen LogP contribution in [0.25, 0.3) is 0 Å². The zero-order valence-corrected chi connectivity index (χ0v) is 14.2. The summed E-state index contributed by atoms with van der Waals surface area (Å²) in [4.78, 5) is 0. The summed E-state index contributed by atoms with van der Waals surface area (Å²) in [6.07, 6.45) is 0. The lowest BCUT2D eigenvalue weighted by Gasteiger charge is -2.22. The van der Waals surface area contributed by atoms with Crippen LogP contribution in [0.1, 0.15) is 35.2 Å². The molecule has 0 saturated heterocycles. The number of thiophene rings is 1. The van der Waals surface area contributed by atoms with Crippen molar-refractivity contribution in [2.45, 2.75) is 26.8 Å². The molecular formula is C15H17FINS. The van der Waals surface area contributed by atoms with E-state index in [0.29, 0.717) is 0 Å². The van der Waals surface area contributed by atoms with Gasteiger partial charge >= 0.3 is 0 Å². The summed E-state index contributed by atoms with van der Waals surface area (Å²) in [5, 5.41) is 5.69. The van der Waals surface area contributed by atoms with E-state index in [0.717, 1.165) is 17.7 Å². The molecule has 1 N–H and O–H groups in total. The molecule has 1 aromatic heterocycles. The zero-order chi connectivity index (χ0) is 14.0. The Balaban J connectivity index is 2.51. The first-order chi connectivity index (χ1) is 9.02. The predicted molar refractivity (Wildman–Crippen MR) is 88.4 cm³/mol. The van der Waals surface area contributed by atoms with Crippen molar-refractivity contribution in [3.63, 3.8) is 0 Å². The second kappa shape index (κ2) is 6.33. The fourth-order valence-electron chi connectivity index (χ4n) is 2.44. The number of aryl methyl sites for hydroxylation is 2. The molecule has 0 aliphatic heterocycles. The van der Waals surface area contributed by atoms with Crippen molar-refractivity contribution in [3.8, 4) is 0 Å². The van der Waals surface area contributed by atoms with Crippen LogP contribution in [0, 0.1) is 22.5 Å². The van der Waals surface area contributed by atoms with Crippen LogP contribution in [-0.2, 0) is 0 Å². The van der Waals surface area contributed by atoms with Crippen LogP contribution in [0.2, 0.25) is 0 Å². The average molecular weight is 389 g/mol. The summed E-state index contributed by atoms with van der Waals surface area (Å²) < 4.78 is 14.7. The summed E-state index contributed by atoms with van der Waals surface area (Å²) in [5.74, 6) is -0.158. The number of benzene rings is 1. The van der Waals surface area contributed by atoms with Gasteiger partial charge in [0.05, 0.1) is 8.93 Å². The van der Waals surface area contributed by atoms with Gasteiger partial charge in [0.2, 0.25) is 0 Å². The lowest BCUT2D eigenvalue weighted by molar-refractivity contribution is 0.607. The summed E-state index contributed by atoms with van der Waals surface area (Å²) in [5.41, 5.74) is 4.46. The van der Waals surface area contributed by atoms with Gasteiger partial charge in [0.25, 0.3) is 0 Å². The number of halogens is 2. The lowest BCUT2D eigenvalue weighted by atomic mass is 9.92. The van der Waals surface area contributed by atoms with Gasteiger partial charge in [-0.1, -0.05) is 6.92 Å². The van der Waals surface area contributed by atoms with E-state index in [4.69, 9.17) is 0 Å². The third-order valence-electron chi connectivity index (χ3n) is 3.18. The molecule has 2 rings (SSSR count). The topological polar surface area (TPSA) is 12.0 Å². The summed E-state index contributed by atoms with van der Waals surface area (Å²) in [6.45, 7) is 6.94. The molecule has 1 unspecified atom stereocenters. The standard InChI is InChI=1S/C15H17FINS/c1-4-18-15(11-7-13(17)19-8-11)14-9(2)5-12(16)6-10(14)3/h5-8,15,18H,4H2,1-3H3. The smallest absolute Gasteiger partial charge is 0.123 e. The normalized spacial score (nSPS) is 12.7. The van der Waals surface area contributed by atoms with Crippen LogP contribution < -0.4 is 5.32 Å². The fraction of sp³-hybridized carbons (Fsp3) is 0.333. The van der Waals surface area contributed by atoms with Crippen LogP contribution in [0.3, 0.4) is 0 Å². The zero-order valence-electron chi connectivity index (χ0n) is 11.3.